The van der Waals surface area contributed by atoms with Gasteiger partial charge in [0.1, 0.15) is 5.82 Å². The lowest BCUT2D eigenvalue weighted by molar-refractivity contribution is -0.137. The van der Waals surface area contributed by atoms with Gasteiger partial charge >= 0.3 is 6.18 Å². The van der Waals surface area contributed by atoms with Crippen LogP contribution in [-0.2, 0) is 6.18 Å². The molecule has 0 unspecified atom stereocenters. The van der Waals surface area contributed by atoms with Crippen LogP contribution in [0.4, 0.5) is 23.4 Å². The summed E-state index contributed by atoms with van der Waals surface area (Å²) >= 11 is 0. The number of alkyl halides is 3. The standard InChI is InChI=1S/C20H21F4N3O2/c1-12-16(26-17-9-8-13(11-25-17)20(22,23)24)7-4-10-27(12)19(28)14-5-3-6-15(21)18(14)29-2/h3,5-6,8-9,11-12,16H,4,7,10H2,1-2H3,(H,25,26)/t12-,16+/m0/s1. The normalized spacial score (nSPS) is 19.7. The number of rotatable bonds is 4. The molecule has 3 rings (SSSR count). The molecule has 2 atom stereocenters. The minimum Gasteiger partial charge on any atom is -0.493 e. The quantitative estimate of drug-likeness (QED) is 0.760. The highest BCUT2D eigenvalue weighted by Gasteiger charge is 2.34. The number of hydrogen-bond donors (Lipinski definition) is 1. The van der Waals surface area contributed by atoms with Crippen LogP contribution in [0.3, 0.4) is 0 Å². The fourth-order valence-corrected chi connectivity index (χ4v) is 3.50. The molecule has 2 aromatic rings. The first-order chi connectivity index (χ1) is 13.7. The first-order valence-electron chi connectivity index (χ1n) is 9.15. The lowest BCUT2D eigenvalue weighted by Gasteiger charge is -2.40. The van der Waals surface area contributed by atoms with Gasteiger partial charge < -0.3 is 15.0 Å². The molecule has 1 aromatic carbocycles. The van der Waals surface area contributed by atoms with Crippen LogP contribution in [0, 0.1) is 5.82 Å². The number of amides is 1. The Labute approximate surface area is 165 Å². The summed E-state index contributed by atoms with van der Waals surface area (Å²) in [5.74, 6) is -0.788. The molecule has 1 aliphatic rings. The Hall–Kier alpha value is -2.84. The van der Waals surface area contributed by atoms with Crippen molar-refractivity contribution in [2.24, 2.45) is 0 Å². The summed E-state index contributed by atoms with van der Waals surface area (Å²) in [4.78, 5) is 18.5. The zero-order valence-corrected chi connectivity index (χ0v) is 16.0. The Kier molecular flexibility index (Phi) is 5.95. The number of piperidine rings is 1. The van der Waals surface area contributed by atoms with Gasteiger partial charge in [-0.25, -0.2) is 9.37 Å². The van der Waals surface area contributed by atoms with Crippen LogP contribution in [0.5, 0.6) is 5.75 Å². The van der Waals surface area contributed by atoms with E-state index in [1.165, 1.54) is 31.4 Å². The molecule has 1 N–H and O–H groups in total. The van der Waals surface area contributed by atoms with Crippen LogP contribution >= 0.6 is 0 Å². The van der Waals surface area contributed by atoms with E-state index in [1.54, 1.807) is 4.90 Å². The van der Waals surface area contributed by atoms with Gasteiger partial charge in [0, 0.05) is 24.8 Å². The molecular weight excluding hydrogens is 390 g/mol. The number of para-hydroxylation sites is 1. The Balaban J connectivity index is 1.76. The third-order valence-corrected chi connectivity index (χ3v) is 5.07. The fourth-order valence-electron chi connectivity index (χ4n) is 3.50. The van der Waals surface area contributed by atoms with Crippen molar-refractivity contribution in [3.8, 4) is 5.75 Å². The number of anilines is 1. The van der Waals surface area contributed by atoms with Crippen LogP contribution in [0.15, 0.2) is 36.5 Å². The summed E-state index contributed by atoms with van der Waals surface area (Å²) in [7, 11) is 1.30. The SMILES string of the molecule is COc1c(F)cccc1C(=O)N1CCC[C@@H](Nc2ccc(C(F)(F)F)cn2)[C@@H]1C. The van der Waals surface area contributed by atoms with Crippen molar-refractivity contribution >= 4 is 11.7 Å². The van der Waals surface area contributed by atoms with Gasteiger partial charge in [-0.2, -0.15) is 13.2 Å². The molecule has 1 amide bonds. The molecule has 1 aromatic heterocycles. The van der Waals surface area contributed by atoms with E-state index in [1.807, 2.05) is 6.92 Å². The largest absolute Gasteiger partial charge is 0.493 e. The van der Waals surface area contributed by atoms with Crippen LogP contribution < -0.4 is 10.1 Å². The maximum absolute atomic E-state index is 14.0. The Bertz CT molecular complexity index is 871. The first-order valence-corrected chi connectivity index (χ1v) is 9.15. The number of halogens is 4. The molecule has 156 valence electrons. The lowest BCUT2D eigenvalue weighted by atomic mass is 9.96. The molecule has 0 spiro atoms. The van der Waals surface area contributed by atoms with E-state index in [2.05, 4.69) is 10.3 Å². The van der Waals surface area contributed by atoms with E-state index in [0.29, 0.717) is 25.2 Å². The van der Waals surface area contributed by atoms with Gasteiger partial charge in [-0.15, -0.1) is 0 Å². The highest BCUT2D eigenvalue weighted by Crippen LogP contribution is 2.30. The van der Waals surface area contributed by atoms with Crippen molar-refractivity contribution in [3.63, 3.8) is 0 Å². The molecule has 0 bridgehead atoms. The number of carbonyl (C=O) groups excluding carboxylic acids is 1. The minimum absolute atomic E-state index is 0.107. The molecule has 1 saturated heterocycles. The highest BCUT2D eigenvalue weighted by atomic mass is 19.4. The summed E-state index contributed by atoms with van der Waals surface area (Å²) in [6, 6.07) is 5.91. The van der Waals surface area contributed by atoms with Gasteiger partial charge in [-0.1, -0.05) is 6.07 Å². The van der Waals surface area contributed by atoms with E-state index in [4.69, 9.17) is 4.74 Å². The third kappa shape index (κ3) is 4.44. The Morgan fingerprint density at radius 1 is 1.28 bits per heavy atom. The maximum Gasteiger partial charge on any atom is 0.417 e. The average molecular weight is 411 g/mol. The van der Waals surface area contributed by atoms with Gasteiger partial charge in [-0.05, 0) is 44.0 Å². The monoisotopic (exact) mass is 411 g/mol. The Morgan fingerprint density at radius 2 is 2.03 bits per heavy atom. The maximum atomic E-state index is 14.0. The zero-order valence-electron chi connectivity index (χ0n) is 16.0. The number of methoxy groups -OCH3 is 1. The number of carbonyl (C=O) groups is 1. The molecule has 2 heterocycles. The van der Waals surface area contributed by atoms with Crippen LogP contribution in [0.25, 0.3) is 0 Å². The number of nitrogens with zero attached hydrogens (tertiary/aromatic N) is 2. The Morgan fingerprint density at radius 3 is 2.66 bits per heavy atom. The van der Waals surface area contributed by atoms with Gasteiger partial charge in [0.2, 0.25) is 0 Å². The van der Waals surface area contributed by atoms with E-state index in [0.717, 1.165) is 12.3 Å². The summed E-state index contributed by atoms with van der Waals surface area (Å²) in [6.45, 7) is 2.32. The first kappa shape index (κ1) is 20.9. The highest BCUT2D eigenvalue weighted by molar-refractivity contribution is 5.97. The number of nitrogens with one attached hydrogen (secondary N) is 1. The number of hydrogen-bond acceptors (Lipinski definition) is 4. The predicted octanol–water partition coefficient (Wildman–Crippen LogP) is 4.35. The van der Waals surface area contributed by atoms with Crippen LogP contribution in [0.2, 0.25) is 0 Å². The van der Waals surface area contributed by atoms with Crippen molar-refractivity contribution in [2.75, 3.05) is 19.0 Å². The number of likely N-dealkylation sites (tertiary alicyclic amines) is 1. The van der Waals surface area contributed by atoms with Gasteiger partial charge in [-0.3, -0.25) is 4.79 Å². The van der Waals surface area contributed by atoms with Crippen LogP contribution in [0.1, 0.15) is 35.7 Å². The molecule has 1 aliphatic heterocycles. The van der Waals surface area contributed by atoms with Crippen molar-refractivity contribution < 1.29 is 27.1 Å². The molecular formula is C20H21F4N3O2. The molecule has 1 fully saturated rings. The minimum atomic E-state index is -4.45. The van der Waals surface area contributed by atoms with E-state index in [-0.39, 0.29) is 29.3 Å². The second-order valence-corrected chi connectivity index (χ2v) is 6.88. The number of aromatic nitrogens is 1. The van der Waals surface area contributed by atoms with Crippen molar-refractivity contribution in [1.29, 1.82) is 0 Å². The lowest BCUT2D eigenvalue weighted by Crippen LogP contribution is -2.52. The molecule has 0 saturated carbocycles. The molecule has 0 aliphatic carbocycles. The topological polar surface area (TPSA) is 54.5 Å². The second-order valence-electron chi connectivity index (χ2n) is 6.88. The second kappa shape index (κ2) is 8.26. The number of benzene rings is 1. The van der Waals surface area contributed by atoms with Gasteiger partial charge in [0.25, 0.3) is 5.91 Å². The van der Waals surface area contributed by atoms with Gasteiger partial charge in [0.15, 0.2) is 11.6 Å². The smallest absolute Gasteiger partial charge is 0.417 e. The van der Waals surface area contributed by atoms with Gasteiger partial charge in [0.05, 0.1) is 18.2 Å². The molecule has 9 heteroatoms. The zero-order chi connectivity index (χ0) is 21.2. The van der Waals surface area contributed by atoms with Crippen LogP contribution in [-0.4, -0.2) is 41.5 Å². The van der Waals surface area contributed by atoms with Crippen molar-refractivity contribution in [2.45, 2.75) is 38.0 Å². The average Bonchev–Trinajstić information content (AvgIpc) is 2.68. The predicted molar refractivity (Wildman–Crippen MR) is 99.3 cm³/mol. The van der Waals surface area contributed by atoms with Crippen molar-refractivity contribution in [3.05, 3.63) is 53.5 Å². The number of pyridine rings is 1. The van der Waals surface area contributed by atoms with E-state index >= 15 is 0 Å². The van der Waals surface area contributed by atoms with Crippen molar-refractivity contribution in [1.82, 2.24) is 9.88 Å². The summed E-state index contributed by atoms with van der Waals surface area (Å²) < 4.78 is 57.1. The third-order valence-electron chi connectivity index (χ3n) is 5.07. The summed E-state index contributed by atoms with van der Waals surface area (Å²) in [5.41, 5.74) is -0.692. The summed E-state index contributed by atoms with van der Waals surface area (Å²) in [6.07, 6.45) is -2.27. The fraction of sp³-hybridized carbons (Fsp3) is 0.400. The van der Waals surface area contributed by atoms with E-state index < -0.39 is 17.6 Å². The molecule has 0 radical (unpaired) electrons. The summed E-state index contributed by atoms with van der Waals surface area (Å²) in [5, 5.41) is 3.11. The molecule has 5 nitrogen and oxygen atoms in total. The number of ether oxygens (including phenoxy) is 1. The molecule has 29 heavy (non-hydrogen) atoms. The van der Waals surface area contributed by atoms with E-state index in [9.17, 15) is 22.4 Å².